The number of unbranched alkanes of at least 4 members (excludes halogenated alkanes) is 3. The molecule has 1 heterocycles. The number of allylic oxidation sites excluding steroid dienone is 2. The first-order valence-corrected chi connectivity index (χ1v) is 10.3. The average molecular weight is 370 g/mol. The summed E-state index contributed by atoms with van der Waals surface area (Å²) in [4.78, 5) is 40.5. The number of rotatable bonds is 10. The highest BCUT2D eigenvalue weighted by atomic mass is 16.2. The van der Waals surface area contributed by atoms with Crippen molar-refractivity contribution in [3.63, 3.8) is 0 Å². The second-order valence-electron chi connectivity index (χ2n) is 8.01. The molecule has 0 aromatic rings. The van der Waals surface area contributed by atoms with E-state index in [-0.39, 0.29) is 41.4 Å². The molecule has 2 fully saturated rings. The Morgan fingerprint density at radius 1 is 1.15 bits per heavy atom. The summed E-state index contributed by atoms with van der Waals surface area (Å²) in [6.07, 6.45) is 15.6. The predicted octanol–water partition coefficient (Wildman–Crippen LogP) is 2.62. The lowest BCUT2D eigenvalue weighted by molar-refractivity contribution is -0.140. The molecule has 5 nitrogen and oxygen atoms in total. The lowest BCUT2D eigenvalue weighted by Gasteiger charge is -2.20. The summed E-state index contributed by atoms with van der Waals surface area (Å²) in [5.41, 5.74) is 0. The smallest absolute Gasteiger partial charge is 0.233 e. The minimum Gasteiger partial charge on any atom is -0.332 e. The Hall–Kier alpha value is -2.09. The molecule has 1 aliphatic heterocycles. The second kappa shape index (κ2) is 8.73. The number of hydrogen-bond donors (Lipinski definition) is 0. The van der Waals surface area contributed by atoms with Crippen molar-refractivity contribution in [1.82, 2.24) is 9.80 Å². The Balaban J connectivity index is 1.36. The molecule has 0 N–H and O–H groups in total. The fourth-order valence-corrected chi connectivity index (χ4v) is 4.88. The molecule has 146 valence electrons. The van der Waals surface area contributed by atoms with Crippen LogP contribution in [0.5, 0.6) is 0 Å². The van der Waals surface area contributed by atoms with Crippen molar-refractivity contribution < 1.29 is 14.4 Å². The molecule has 2 bridgehead atoms. The van der Waals surface area contributed by atoms with Gasteiger partial charge in [0.1, 0.15) is 0 Å². The third-order valence-electron chi connectivity index (χ3n) is 6.22. The number of likely N-dealkylation sites (tertiary alicyclic amines) is 1. The van der Waals surface area contributed by atoms with Gasteiger partial charge in [0, 0.05) is 19.5 Å². The molecule has 0 aromatic heterocycles. The molecule has 0 radical (unpaired) electrons. The van der Waals surface area contributed by atoms with Crippen LogP contribution >= 0.6 is 0 Å². The van der Waals surface area contributed by atoms with Crippen LogP contribution in [0.3, 0.4) is 0 Å². The molecule has 4 unspecified atom stereocenters. The van der Waals surface area contributed by atoms with E-state index in [4.69, 9.17) is 6.42 Å². The van der Waals surface area contributed by atoms with Gasteiger partial charge in [-0.1, -0.05) is 37.8 Å². The van der Waals surface area contributed by atoms with Crippen LogP contribution < -0.4 is 0 Å². The quantitative estimate of drug-likeness (QED) is 0.257. The third-order valence-corrected chi connectivity index (χ3v) is 6.22. The van der Waals surface area contributed by atoms with E-state index >= 15 is 0 Å². The zero-order valence-electron chi connectivity index (χ0n) is 16.2. The number of carbonyl (C=O) groups is 3. The average Bonchev–Trinajstić information content (AvgIpc) is 3.32. The second-order valence-corrected chi connectivity index (χ2v) is 8.01. The zero-order chi connectivity index (χ0) is 19.4. The third kappa shape index (κ3) is 3.95. The maximum atomic E-state index is 12.6. The van der Waals surface area contributed by atoms with E-state index in [0.717, 1.165) is 38.5 Å². The standard InChI is InChI=1S/C22H30N2O3/c1-3-9-18(25)23(12-4-2)13-7-5-6-8-14-24-21(26)19-16-10-11-17(15-16)20(19)22(24)27/h2,10-11,16-17,19-20H,3,5-9,12-15H2,1H3. The zero-order valence-corrected chi connectivity index (χ0v) is 16.2. The topological polar surface area (TPSA) is 57.7 Å². The van der Waals surface area contributed by atoms with Crippen molar-refractivity contribution >= 4 is 17.7 Å². The van der Waals surface area contributed by atoms with Crippen LogP contribution in [-0.2, 0) is 14.4 Å². The maximum absolute atomic E-state index is 12.6. The van der Waals surface area contributed by atoms with E-state index in [9.17, 15) is 14.4 Å². The van der Waals surface area contributed by atoms with Crippen LogP contribution in [0.2, 0.25) is 0 Å². The minimum absolute atomic E-state index is 0.0483. The predicted molar refractivity (Wildman–Crippen MR) is 103 cm³/mol. The number of carbonyl (C=O) groups excluding carboxylic acids is 3. The summed E-state index contributed by atoms with van der Waals surface area (Å²) in [5, 5.41) is 0. The van der Waals surface area contributed by atoms with Crippen LogP contribution in [0.1, 0.15) is 51.9 Å². The molecule has 3 rings (SSSR count). The summed E-state index contributed by atoms with van der Waals surface area (Å²) in [6, 6.07) is 0. The fraction of sp³-hybridized carbons (Fsp3) is 0.682. The number of amides is 3. The van der Waals surface area contributed by atoms with Crippen molar-refractivity contribution in [3.8, 4) is 12.3 Å². The molecular weight excluding hydrogens is 340 g/mol. The number of nitrogens with zero attached hydrogens (tertiary/aromatic N) is 2. The first-order valence-electron chi connectivity index (χ1n) is 10.3. The normalized spacial score (nSPS) is 27.9. The van der Waals surface area contributed by atoms with E-state index in [1.165, 1.54) is 4.90 Å². The summed E-state index contributed by atoms with van der Waals surface area (Å²) >= 11 is 0. The Morgan fingerprint density at radius 3 is 2.37 bits per heavy atom. The SMILES string of the molecule is C#CCN(CCCCCCN1C(=O)C2C3C=CC(C3)C2C1=O)C(=O)CCC. The molecule has 5 heteroatoms. The number of terminal acetylenes is 1. The molecule has 2 aliphatic carbocycles. The van der Waals surface area contributed by atoms with Gasteiger partial charge < -0.3 is 4.90 Å². The maximum Gasteiger partial charge on any atom is 0.233 e. The molecule has 0 spiro atoms. The van der Waals surface area contributed by atoms with Crippen LogP contribution in [-0.4, -0.2) is 47.2 Å². The fourth-order valence-electron chi connectivity index (χ4n) is 4.88. The number of fused-ring (bicyclic) bond motifs is 5. The van der Waals surface area contributed by atoms with E-state index in [1.54, 1.807) is 4.90 Å². The van der Waals surface area contributed by atoms with Gasteiger partial charge in [-0.05, 0) is 37.5 Å². The largest absolute Gasteiger partial charge is 0.332 e. The molecule has 3 amide bonds. The molecule has 1 saturated heterocycles. The van der Waals surface area contributed by atoms with Gasteiger partial charge in [0.2, 0.25) is 17.7 Å². The van der Waals surface area contributed by atoms with E-state index in [1.807, 2.05) is 6.92 Å². The monoisotopic (exact) mass is 370 g/mol. The summed E-state index contributed by atoms with van der Waals surface area (Å²) in [6.45, 7) is 3.58. The van der Waals surface area contributed by atoms with E-state index < -0.39 is 0 Å². The molecule has 27 heavy (non-hydrogen) atoms. The van der Waals surface area contributed by atoms with Crippen molar-refractivity contribution in [1.29, 1.82) is 0 Å². The molecule has 4 atom stereocenters. The van der Waals surface area contributed by atoms with Crippen molar-refractivity contribution in [2.45, 2.75) is 51.9 Å². The lowest BCUT2D eigenvalue weighted by atomic mass is 9.85. The number of imide groups is 1. The lowest BCUT2D eigenvalue weighted by Crippen LogP contribution is -2.34. The highest BCUT2D eigenvalue weighted by molar-refractivity contribution is 6.06. The molecular formula is C22H30N2O3. The van der Waals surface area contributed by atoms with Gasteiger partial charge >= 0.3 is 0 Å². The Morgan fingerprint density at radius 2 is 1.78 bits per heavy atom. The summed E-state index contributed by atoms with van der Waals surface area (Å²) in [7, 11) is 0. The van der Waals surface area contributed by atoms with Crippen molar-refractivity contribution in [3.05, 3.63) is 12.2 Å². The van der Waals surface area contributed by atoms with Gasteiger partial charge in [-0.2, -0.15) is 0 Å². The Bertz CT molecular complexity index is 633. The Kier molecular flexibility index (Phi) is 6.36. The summed E-state index contributed by atoms with van der Waals surface area (Å²) in [5.74, 6) is 3.16. The van der Waals surface area contributed by atoms with E-state index in [2.05, 4.69) is 18.1 Å². The van der Waals surface area contributed by atoms with Gasteiger partial charge in [-0.3, -0.25) is 19.3 Å². The highest BCUT2D eigenvalue weighted by Crippen LogP contribution is 2.52. The summed E-state index contributed by atoms with van der Waals surface area (Å²) < 4.78 is 0. The van der Waals surface area contributed by atoms with E-state index in [0.29, 0.717) is 26.1 Å². The molecule has 0 aromatic carbocycles. The van der Waals surface area contributed by atoms with Crippen LogP contribution in [0.15, 0.2) is 12.2 Å². The Labute approximate surface area is 162 Å². The number of hydrogen-bond acceptors (Lipinski definition) is 3. The van der Waals surface area contributed by atoms with Gasteiger partial charge in [0.25, 0.3) is 0 Å². The molecule has 1 saturated carbocycles. The van der Waals surface area contributed by atoms with Crippen LogP contribution in [0, 0.1) is 36.0 Å². The van der Waals surface area contributed by atoms with Gasteiger partial charge in [-0.15, -0.1) is 6.42 Å². The first kappa shape index (κ1) is 19.7. The van der Waals surface area contributed by atoms with Crippen LogP contribution in [0.4, 0.5) is 0 Å². The first-order chi connectivity index (χ1) is 13.1. The van der Waals surface area contributed by atoms with Gasteiger partial charge in [0.05, 0.1) is 18.4 Å². The molecule has 3 aliphatic rings. The minimum atomic E-state index is -0.0885. The van der Waals surface area contributed by atoms with Crippen molar-refractivity contribution in [2.75, 3.05) is 19.6 Å². The van der Waals surface area contributed by atoms with Gasteiger partial charge in [0.15, 0.2) is 0 Å². The van der Waals surface area contributed by atoms with Crippen LogP contribution in [0.25, 0.3) is 0 Å². The van der Waals surface area contributed by atoms with Gasteiger partial charge in [-0.25, -0.2) is 0 Å². The highest BCUT2D eigenvalue weighted by Gasteiger charge is 2.58. The van der Waals surface area contributed by atoms with Crippen molar-refractivity contribution in [2.24, 2.45) is 23.7 Å².